The fourth-order valence-corrected chi connectivity index (χ4v) is 3.11. The van der Waals surface area contributed by atoms with Gasteiger partial charge in [-0.15, -0.1) is 0 Å². The second-order valence-electron chi connectivity index (χ2n) is 7.33. The zero-order valence-electron chi connectivity index (χ0n) is 19.3. The molecular weight excluding hydrogens is 434 g/mol. The molecule has 0 saturated heterocycles. The molecule has 8 nitrogen and oxygen atoms in total. The Bertz CT molecular complexity index is 1130. The van der Waals surface area contributed by atoms with Crippen molar-refractivity contribution < 1.29 is 23.8 Å². The van der Waals surface area contributed by atoms with E-state index < -0.39 is 0 Å². The minimum atomic E-state index is -0.382. The smallest absolute Gasteiger partial charge is 0.271 e. The van der Waals surface area contributed by atoms with E-state index in [2.05, 4.69) is 15.8 Å². The Kier molecular flexibility index (Phi) is 8.62. The predicted molar refractivity (Wildman–Crippen MR) is 130 cm³/mol. The fraction of sp³-hybridized carbons (Fsp3) is 0.192. The Morgan fingerprint density at radius 2 is 1.65 bits per heavy atom. The molecule has 2 amide bonds. The highest BCUT2D eigenvalue weighted by Gasteiger charge is 2.11. The van der Waals surface area contributed by atoms with Crippen molar-refractivity contribution >= 4 is 18.0 Å². The van der Waals surface area contributed by atoms with Crippen LogP contribution < -0.4 is 25.0 Å². The van der Waals surface area contributed by atoms with Crippen LogP contribution in [0.2, 0.25) is 0 Å². The summed E-state index contributed by atoms with van der Waals surface area (Å²) in [6, 6.07) is 21.5. The first kappa shape index (κ1) is 24.3. The summed E-state index contributed by atoms with van der Waals surface area (Å²) in [5, 5.41) is 6.88. The van der Waals surface area contributed by atoms with Crippen LogP contribution in [0.5, 0.6) is 17.2 Å². The number of nitrogens with one attached hydrogen (secondary N) is 2. The minimum absolute atomic E-state index is 0.0913. The lowest BCUT2D eigenvalue weighted by molar-refractivity contribution is -0.123. The van der Waals surface area contributed by atoms with Crippen LogP contribution in [-0.4, -0.2) is 38.9 Å². The third-order valence-electron chi connectivity index (χ3n) is 4.95. The van der Waals surface area contributed by atoms with Gasteiger partial charge >= 0.3 is 0 Å². The molecule has 3 aromatic rings. The molecule has 0 aliphatic rings. The van der Waals surface area contributed by atoms with Crippen molar-refractivity contribution in [1.29, 1.82) is 0 Å². The molecule has 3 aromatic carbocycles. The summed E-state index contributed by atoms with van der Waals surface area (Å²) in [6.07, 6.45) is 1.51. The maximum Gasteiger partial charge on any atom is 0.271 e. The highest BCUT2D eigenvalue weighted by atomic mass is 16.5. The maximum absolute atomic E-state index is 12.3. The summed E-state index contributed by atoms with van der Waals surface area (Å²) >= 11 is 0. The number of nitrogens with zero attached hydrogens (tertiary/aromatic N) is 1. The molecule has 0 aliphatic heterocycles. The van der Waals surface area contributed by atoms with E-state index in [1.807, 2.05) is 37.3 Å². The van der Waals surface area contributed by atoms with E-state index >= 15 is 0 Å². The minimum Gasteiger partial charge on any atom is -0.493 e. The van der Waals surface area contributed by atoms with Crippen LogP contribution in [0.4, 0.5) is 0 Å². The van der Waals surface area contributed by atoms with Crippen molar-refractivity contribution in [3.8, 4) is 17.2 Å². The SMILES string of the molecule is COc1ccc(C(=O)N/N=C/c2ccc(OCC(=O)N[C@@H](C)c3ccccc3)cc2)cc1OC. The van der Waals surface area contributed by atoms with Crippen LogP contribution in [0.15, 0.2) is 77.9 Å². The molecule has 176 valence electrons. The molecule has 8 heteroatoms. The Labute approximate surface area is 198 Å². The lowest BCUT2D eigenvalue weighted by Gasteiger charge is -2.14. The van der Waals surface area contributed by atoms with E-state index in [-0.39, 0.29) is 24.5 Å². The molecule has 0 radical (unpaired) electrons. The molecule has 0 bridgehead atoms. The van der Waals surface area contributed by atoms with Crippen molar-refractivity contribution in [3.63, 3.8) is 0 Å². The molecule has 2 N–H and O–H groups in total. The lowest BCUT2D eigenvalue weighted by Crippen LogP contribution is -2.31. The van der Waals surface area contributed by atoms with Crippen LogP contribution in [-0.2, 0) is 4.79 Å². The van der Waals surface area contributed by atoms with Crippen LogP contribution in [0.1, 0.15) is 34.5 Å². The highest BCUT2D eigenvalue weighted by molar-refractivity contribution is 5.95. The Balaban J connectivity index is 1.47. The van der Waals surface area contributed by atoms with Crippen molar-refractivity contribution in [2.45, 2.75) is 13.0 Å². The summed E-state index contributed by atoms with van der Waals surface area (Å²) in [7, 11) is 3.03. The molecule has 0 fully saturated rings. The molecule has 1 atom stereocenters. The molecule has 3 rings (SSSR count). The first-order valence-electron chi connectivity index (χ1n) is 10.6. The van der Waals surface area contributed by atoms with Crippen molar-refractivity contribution in [1.82, 2.24) is 10.7 Å². The molecule has 0 heterocycles. The van der Waals surface area contributed by atoms with Crippen LogP contribution >= 0.6 is 0 Å². The third kappa shape index (κ3) is 6.83. The van der Waals surface area contributed by atoms with E-state index in [0.29, 0.717) is 22.8 Å². The number of carbonyl (C=O) groups excluding carboxylic acids is 2. The summed E-state index contributed by atoms with van der Waals surface area (Å²) in [4.78, 5) is 24.4. The lowest BCUT2D eigenvalue weighted by atomic mass is 10.1. The number of ether oxygens (including phenoxy) is 3. The number of hydrogen-bond acceptors (Lipinski definition) is 6. The van der Waals surface area contributed by atoms with Gasteiger partial charge in [0.15, 0.2) is 18.1 Å². The zero-order valence-corrected chi connectivity index (χ0v) is 19.3. The average molecular weight is 462 g/mol. The van der Waals surface area contributed by atoms with Crippen molar-refractivity contribution in [2.24, 2.45) is 5.10 Å². The number of rotatable bonds is 10. The van der Waals surface area contributed by atoms with E-state index in [0.717, 1.165) is 11.1 Å². The summed E-state index contributed by atoms with van der Waals surface area (Å²) in [5.74, 6) is 0.952. The van der Waals surface area contributed by atoms with Gasteiger partial charge in [-0.1, -0.05) is 30.3 Å². The van der Waals surface area contributed by atoms with Gasteiger partial charge in [-0.3, -0.25) is 9.59 Å². The molecule has 34 heavy (non-hydrogen) atoms. The van der Waals surface area contributed by atoms with E-state index in [1.54, 1.807) is 42.5 Å². The second-order valence-corrected chi connectivity index (χ2v) is 7.33. The van der Waals surface area contributed by atoms with Crippen molar-refractivity contribution in [3.05, 3.63) is 89.5 Å². The second kappa shape index (κ2) is 12.1. The predicted octanol–water partition coefficient (Wildman–Crippen LogP) is 3.72. The molecular formula is C26H27N3O5. The van der Waals surface area contributed by atoms with Crippen molar-refractivity contribution in [2.75, 3.05) is 20.8 Å². The zero-order chi connectivity index (χ0) is 24.3. The van der Waals surface area contributed by atoms with Gasteiger partial charge in [0.1, 0.15) is 5.75 Å². The van der Waals surface area contributed by atoms with Crippen LogP contribution in [0.3, 0.4) is 0 Å². The first-order chi connectivity index (χ1) is 16.5. The third-order valence-corrected chi connectivity index (χ3v) is 4.95. The number of hydrazone groups is 1. The number of amides is 2. The number of carbonyl (C=O) groups is 2. The molecule has 0 saturated carbocycles. The Morgan fingerprint density at radius 1 is 0.941 bits per heavy atom. The van der Waals surface area contributed by atoms with Crippen LogP contribution in [0.25, 0.3) is 0 Å². The molecule has 0 aromatic heterocycles. The van der Waals surface area contributed by atoms with Gasteiger partial charge in [-0.25, -0.2) is 5.43 Å². The molecule has 0 unspecified atom stereocenters. The van der Waals surface area contributed by atoms with Gasteiger partial charge in [0.05, 0.1) is 26.5 Å². The molecule has 0 aliphatic carbocycles. The Hall–Kier alpha value is -4.33. The molecule has 0 spiro atoms. The van der Waals surface area contributed by atoms with E-state index in [1.165, 1.54) is 20.4 Å². The average Bonchev–Trinajstić information content (AvgIpc) is 2.88. The van der Waals surface area contributed by atoms with Gasteiger partial charge in [0.2, 0.25) is 0 Å². The van der Waals surface area contributed by atoms with Gasteiger partial charge in [0.25, 0.3) is 11.8 Å². The van der Waals surface area contributed by atoms with Gasteiger partial charge in [0, 0.05) is 5.56 Å². The topological polar surface area (TPSA) is 98.3 Å². The van der Waals surface area contributed by atoms with E-state index in [9.17, 15) is 9.59 Å². The fourth-order valence-electron chi connectivity index (χ4n) is 3.11. The first-order valence-corrected chi connectivity index (χ1v) is 10.6. The maximum atomic E-state index is 12.3. The van der Waals surface area contributed by atoms with E-state index in [4.69, 9.17) is 14.2 Å². The van der Waals surface area contributed by atoms with Crippen LogP contribution in [0, 0.1) is 0 Å². The quantitative estimate of drug-likeness (QED) is 0.354. The largest absolute Gasteiger partial charge is 0.493 e. The number of benzene rings is 3. The summed E-state index contributed by atoms with van der Waals surface area (Å²) < 4.78 is 15.9. The normalized spacial score (nSPS) is 11.5. The summed E-state index contributed by atoms with van der Waals surface area (Å²) in [5.41, 5.74) is 4.64. The number of hydrogen-bond donors (Lipinski definition) is 2. The Morgan fingerprint density at radius 3 is 2.32 bits per heavy atom. The standard InChI is InChI=1S/C26H27N3O5/c1-18(20-7-5-4-6-8-20)28-25(30)17-34-22-12-9-19(10-13-22)16-27-29-26(31)21-11-14-23(32-2)24(15-21)33-3/h4-16,18H,17H2,1-3H3,(H,28,30)(H,29,31)/b27-16+/t18-/m0/s1. The monoisotopic (exact) mass is 461 g/mol. The highest BCUT2D eigenvalue weighted by Crippen LogP contribution is 2.27. The number of methoxy groups -OCH3 is 2. The summed E-state index contributed by atoms with van der Waals surface area (Å²) in [6.45, 7) is 1.83. The van der Waals surface area contributed by atoms with Gasteiger partial charge < -0.3 is 19.5 Å². The van der Waals surface area contributed by atoms with Gasteiger partial charge in [-0.05, 0) is 60.5 Å². The van der Waals surface area contributed by atoms with Gasteiger partial charge in [-0.2, -0.15) is 5.10 Å².